The minimum Gasteiger partial charge on any atom is -0.393 e. The maximum absolute atomic E-state index is 13.2. The molecule has 1 aromatic heterocycles. The molecule has 3 N–H and O–H groups in total. The largest absolute Gasteiger partial charge is 0.393 e. The summed E-state index contributed by atoms with van der Waals surface area (Å²) in [5, 5.41) is 15.7. The predicted molar refractivity (Wildman–Crippen MR) is 97.5 cm³/mol. The smallest absolute Gasteiger partial charge is 0.292 e. The van der Waals surface area contributed by atoms with Crippen LogP contribution in [0.25, 0.3) is 0 Å². The molecule has 8 heteroatoms. The van der Waals surface area contributed by atoms with Gasteiger partial charge in [-0.3, -0.25) is 14.9 Å². The highest BCUT2D eigenvalue weighted by molar-refractivity contribution is 7.10. The summed E-state index contributed by atoms with van der Waals surface area (Å²) in [4.78, 5) is 23.9. The first kappa shape index (κ1) is 17.6. The van der Waals surface area contributed by atoms with Gasteiger partial charge in [0, 0.05) is 16.5 Å². The van der Waals surface area contributed by atoms with Crippen molar-refractivity contribution in [1.29, 1.82) is 0 Å². The number of nitrogens with one attached hydrogen (secondary N) is 1. The lowest BCUT2D eigenvalue weighted by atomic mass is 10.0. The molecule has 3 aromatic rings. The van der Waals surface area contributed by atoms with E-state index in [4.69, 9.17) is 5.73 Å². The van der Waals surface area contributed by atoms with Crippen LogP contribution in [-0.4, -0.2) is 10.8 Å². The van der Waals surface area contributed by atoms with Gasteiger partial charge >= 0.3 is 0 Å². The van der Waals surface area contributed by atoms with Gasteiger partial charge in [0.2, 0.25) is 0 Å². The average Bonchev–Trinajstić information content (AvgIpc) is 3.15. The lowest BCUT2D eigenvalue weighted by Gasteiger charge is -2.18. The van der Waals surface area contributed by atoms with Crippen LogP contribution in [0.1, 0.15) is 26.8 Å². The zero-order valence-corrected chi connectivity index (χ0v) is 14.2. The Bertz CT molecular complexity index is 943. The molecule has 132 valence electrons. The second kappa shape index (κ2) is 7.32. The number of hydrogen-bond acceptors (Lipinski definition) is 5. The van der Waals surface area contributed by atoms with Crippen molar-refractivity contribution in [3.8, 4) is 0 Å². The highest BCUT2D eigenvalue weighted by Gasteiger charge is 2.21. The van der Waals surface area contributed by atoms with Gasteiger partial charge in [-0.2, -0.15) is 0 Å². The van der Waals surface area contributed by atoms with E-state index in [1.807, 2.05) is 17.5 Å². The van der Waals surface area contributed by atoms with Crippen molar-refractivity contribution in [3.05, 3.63) is 91.9 Å². The normalized spacial score (nSPS) is 11.7. The van der Waals surface area contributed by atoms with Crippen molar-refractivity contribution in [1.82, 2.24) is 5.32 Å². The number of benzene rings is 2. The van der Waals surface area contributed by atoms with E-state index in [2.05, 4.69) is 5.32 Å². The van der Waals surface area contributed by atoms with Gasteiger partial charge < -0.3 is 11.1 Å². The SMILES string of the molecule is Nc1ccc(C(=O)N[C@@H](c2ccc(F)cc2)c2cccs2)cc1[N+](=O)[O-]. The molecule has 0 aliphatic heterocycles. The Labute approximate surface area is 152 Å². The van der Waals surface area contributed by atoms with Gasteiger partial charge in [-0.05, 0) is 41.3 Å². The fourth-order valence-electron chi connectivity index (χ4n) is 2.49. The number of nitrogens with zero attached hydrogens (tertiary/aromatic N) is 1. The number of thiophene rings is 1. The summed E-state index contributed by atoms with van der Waals surface area (Å²) < 4.78 is 13.2. The molecule has 1 amide bonds. The molecule has 0 aliphatic carbocycles. The molecule has 0 spiro atoms. The van der Waals surface area contributed by atoms with Crippen molar-refractivity contribution in [2.75, 3.05) is 5.73 Å². The lowest BCUT2D eigenvalue weighted by molar-refractivity contribution is -0.383. The van der Waals surface area contributed by atoms with Crippen LogP contribution in [0.5, 0.6) is 0 Å². The van der Waals surface area contributed by atoms with E-state index in [1.54, 1.807) is 12.1 Å². The summed E-state index contributed by atoms with van der Waals surface area (Å²) in [6.45, 7) is 0. The summed E-state index contributed by atoms with van der Waals surface area (Å²) in [6, 6.07) is 12.9. The number of nitrogens with two attached hydrogens (primary N) is 1. The van der Waals surface area contributed by atoms with Crippen LogP contribution in [-0.2, 0) is 0 Å². The van der Waals surface area contributed by atoms with Gasteiger partial charge in [-0.25, -0.2) is 4.39 Å². The standard InChI is InChI=1S/C18H14FN3O3S/c19-13-6-3-11(4-7-13)17(16-2-1-9-26-16)21-18(23)12-5-8-14(20)15(10-12)22(24)25/h1-10,17H,20H2,(H,21,23)/t17-/m0/s1. The second-order valence-corrected chi connectivity index (χ2v) is 6.48. The number of carbonyl (C=O) groups is 1. The molecule has 26 heavy (non-hydrogen) atoms. The summed E-state index contributed by atoms with van der Waals surface area (Å²) in [5.74, 6) is -0.866. The summed E-state index contributed by atoms with van der Waals surface area (Å²) in [7, 11) is 0. The van der Waals surface area contributed by atoms with E-state index in [-0.39, 0.29) is 22.8 Å². The van der Waals surface area contributed by atoms with Gasteiger partial charge in [0.25, 0.3) is 11.6 Å². The van der Waals surface area contributed by atoms with Crippen LogP contribution in [0.3, 0.4) is 0 Å². The quantitative estimate of drug-likeness (QED) is 0.404. The molecule has 0 radical (unpaired) electrons. The zero-order valence-electron chi connectivity index (χ0n) is 13.4. The zero-order chi connectivity index (χ0) is 18.7. The Morgan fingerprint density at radius 2 is 1.92 bits per heavy atom. The van der Waals surface area contributed by atoms with Crippen molar-refractivity contribution in [3.63, 3.8) is 0 Å². The Kier molecular flexibility index (Phi) is 4.94. The van der Waals surface area contributed by atoms with Gasteiger partial charge in [-0.1, -0.05) is 18.2 Å². The molecule has 1 atom stereocenters. The number of rotatable bonds is 5. The Balaban J connectivity index is 1.92. The molecule has 1 heterocycles. The van der Waals surface area contributed by atoms with Crippen LogP contribution >= 0.6 is 11.3 Å². The van der Waals surface area contributed by atoms with Crippen molar-refractivity contribution in [2.24, 2.45) is 0 Å². The summed E-state index contributed by atoms with van der Waals surface area (Å²) in [6.07, 6.45) is 0. The van der Waals surface area contributed by atoms with Gasteiger partial charge in [0.05, 0.1) is 11.0 Å². The van der Waals surface area contributed by atoms with E-state index in [0.29, 0.717) is 5.56 Å². The van der Waals surface area contributed by atoms with Crippen LogP contribution in [0.4, 0.5) is 15.8 Å². The first-order chi connectivity index (χ1) is 12.5. The number of halogens is 1. The minimum absolute atomic E-state index is 0.0140. The van der Waals surface area contributed by atoms with Crippen LogP contribution in [0, 0.1) is 15.9 Å². The van der Waals surface area contributed by atoms with E-state index >= 15 is 0 Å². The number of carbonyl (C=O) groups excluding carboxylic acids is 1. The monoisotopic (exact) mass is 371 g/mol. The van der Waals surface area contributed by atoms with E-state index in [0.717, 1.165) is 10.9 Å². The van der Waals surface area contributed by atoms with Crippen molar-refractivity contribution >= 4 is 28.6 Å². The minimum atomic E-state index is -0.636. The molecule has 0 bridgehead atoms. The molecule has 0 fully saturated rings. The van der Waals surface area contributed by atoms with E-state index in [9.17, 15) is 19.3 Å². The van der Waals surface area contributed by atoms with Crippen LogP contribution in [0.15, 0.2) is 60.0 Å². The first-order valence-electron chi connectivity index (χ1n) is 7.59. The number of anilines is 1. The molecule has 3 rings (SSSR count). The third-order valence-electron chi connectivity index (χ3n) is 3.80. The molecule has 0 saturated carbocycles. The van der Waals surface area contributed by atoms with E-state index < -0.39 is 16.9 Å². The van der Waals surface area contributed by atoms with Gasteiger partial charge in [0.15, 0.2) is 0 Å². The number of nitro benzene ring substituents is 1. The molecular formula is C18H14FN3O3S. The molecule has 0 aliphatic rings. The van der Waals surface area contributed by atoms with E-state index in [1.165, 1.54) is 35.6 Å². The third-order valence-corrected chi connectivity index (χ3v) is 4.73. The maximum atomic E-state index is 13.2. The van der Waals surface area contributed by atoms with Gasteiger partial charge in [-0.15, -0.1) is 11.3 Å². The fraction of sp³-hybridized carbons (Fsp3) is 0.0556. The highest BCUT2D eigenvalue weighted by Crippen LogP contribution is 2.28. The Morgan fingerprint density at radius 3 is 2.54 bits per heavy atom. The molecule has 2 aromatic carbocycles. The molecular weight excluding hydrogens is 357 g/mol. The summed E-state index contributed by atoms with van der Waals surface area (Å²) in [5.41, 5.74) is 6.05. The number of nitrogen functional groups attached to an aromatic ring is 1. The van der Waals surface area contributed by atoms with Crippen molar-refractivity contribution < 1.29 is 14.1 Å². The lowest BCUT2D eigenvalue weighted by Crippen LogP contribution is -2.28. The Morgan fingerprint density at radius 1 is 1.19 bits per heavy atom. The average molecular weight is 371 g/mol. The highest BCUT2D eigenvalue weighted by atomic mass is 32.1. The predicted octanol–water partition coefficient (Wildman–Crippen LogP) is 3.90. The topological polar surface area (TPSA) is 98.3 Å². The molecule has 0 saturated heterocycles. The first-order valence-corrected chi connectivity index (χ1v) is 8.47. The third kappa shape index (κ3) is 3.70. The second-order valence-electron chi connectivity index (χ2n) is 5.50. The maximum Gasteiger partial charge on any atom is 0.292 e. The van der Waals surface area contributed by atoms with Crippen LogP contribution in [0.2, 0.25) is 0 Å². The number of amides is 1. The van der Waals surface area contributed by atoms with Gasteiger partial charge in [0.1, 0.15) is 11.5 Å². The molecule has 6 nitrogen and oxygen atoms in total. The Hall–Kier alpha value is -3.26. The van der Waals surface area contributed by atoms with Crippen molar-refractivity contribution in [2.45, 2.75) is 6.04 Å². The molecule has 0 unspecified atom stereocenters. The number of hydrogen-bond donors (Lipinski definition) is 2. The number of nitro groups is 1. The summed E-state index contributed by atoms with van der Waals surface area (Å²) >= 11 is 1.44. The fourth-order valence-corrected chi connectivity index (χ4v) is 3.29. The van der Waals surface area contributed by atoms with Crippen LogP contribution < -0.4 is 11.1 Å².